The normalized spacial score (nSPS) is 44.9. The number of allylic oxidation sites excluding steroid dienone is 6. The summed E-state index contributed by atoms with van der Waals surface area (Å²) in [4.78, 5) is 10.5. The van der Waals surface area contributed by atoms with Crippen LogP contribution in [-0.4, -0.2) is 6.29 Å². The summed E-state index contributed by atoms with van der Waals surface area (Å²) < 4.78 is 0. The maximum Gasteiger partial charge on any atom is 0.124 e. The molecule has 0 amide bonds. The van der Waals surface area contributed by atoms with Crippen molar-refractivity contribution in [3.63, 3.8) is 0 Å². The summed E-state index contributed by atoms with van der Waals surface area (Å²) in [7, 11) is 0. The van der Waals surface area contributed by atoms with Gasteiger partial charge in [0.2, 0.25) is 0 Å². The minimum atomic E-state index is 0.252. The Balaban J connectivity index is 2.18. The van der Waals surface area contributed by atoms with E-state index in [0.29, 0.717) is 11.8 Å². The first-order valence-electron chi connectivity index (χ1n) is 3.90. The van der Waals surface area contributed by atoms with E-state index < -0.39 is 0 Å². The van der Waals surface area contributed by atoms with Crippen LogP contribution in [0.4, 0.5) is 0 Å². The van der Waals surface area contributed by atoms with Crippen LogP contribution in [0.15, 0.2) is 36.5 Å². The Bertz CT molecular complexity index is 226. The molecular weight excluding hydrogens is 136 g/mol. The number of hydrogen-bond donors (Lipinski definition) is 0. The summed E-state index contributed by atoms with van der Waals surface area (Å²) in [5.74, 6) is 1.21. The van der Waals surface area contributed by atoms with Crippen molar-refractivity contribution in [1.82, 2.24) is 0 Å². The molecule has 0 bridgehead atoms. The van der Waals surface area contributed by atoms with E-state index in [1.807, 2.05) is 24.3 Å². The van der Waals surface area contributed by atoms with Gasteiger partial charge in [-0.15, -0.1) is 0 Å². The van der Waals surface area contributed by atoms with Crippen molar-refractivity contribution in [2.75, 3.05) is 0 Å². The van der Waals surface area contributed by atoms with Crippen LogP contribution in [0, 0.1) is 17.8 Å². The van der Waals surface area contributed by atoms with E-state index in [0.717, 1.165) is 6.29 Å². The molecule has 0 aliphatic heterocycles. The molecule has 2 rings (SSSR count). The van der Waals surface area contributed by atoms with Crippen LogP contribution in [0.25, 0.3) is 0 Å². The molecule has 0 heterocycles. The second-order valence-corrected chi connectivity index (χ2v) is 3.02. The van der Waals surface area contributed by atoms with Crippen molar-refractivity contribution < 1.29 is 4.79 Å². The van der Waals surface area contributed by atoms with Crippen LogP contribution in [0.2, 0.25) is 0 Å². The third-order valence-electron chi connectivity index (χ3n) is 2.35. The third-order valence-corrected chi connectivity index (χ3v) is 2.35. The van der Waals surface area contributed by atoms with Gasteiger partial charge in [-0.25, -0.2) is 0 Å². The molecule has 56 valence electrons. The Hall–Kier alpha value is -1.11. The molecule has 0 spiro atoms. The molecule has 1 fully saturated rings. The molecule has 1 unspecified atom stereocenters. The lowest BCUT2D eigenvalue weighted by Gasteiger charge is -1.85. The first-order valence-corrected chi connectivity index (χ1v) is 3.90. The smallest absolute Gasteiger partial charge is 0.124 e. The fourth-order valence-electron chi connectivity index (χ4n) is 1.59. The highest BCUT2D eigenvalue weighted by molar-refractivity contribution is 5.62. The Morgan fingerprint density at radius 3 is 1.91 bits per heavy atom. The van der Waals surface area contributed by atoms with E-state index >= 15 is 0 Å². The van der Waals surface area contributed by atoms with Gasteiger partial charge in [-0.2, -0.15) is 0 Å². The predicted octanol–water partition coefficient (Wildman–Crippen LogP) is 1.73. The van der Waals surface area contributed by atoms with Gasteiger partial charge in [0.25, 0.3) is 0 Å². The zero-order chi connectivity index (χ0) is 7.68. The fraction of sp³-hybridized carbons (Fsp3) is 0.300. The number of carbonyl (C=O) groups is 1. The molecule has 1 heteroatoms. The molecule has 2 aliphatic rings. The highest BCUT2D eigenvalue weighted by Crippen LogP contribution is 2.47. The van der Waals surface area contributed by atoms with E-state index in [9.17, 15) is 4.79 Å². The highest BCUT2D eigenvalue weighted by atomic mass is 16.1. The lowest BCUT2D eigenvalue weighted by molar-refractivity contribution is -0.109. The second kappa shape index (κ2) is 2.50. The van der Waals surface area contributed by atoms with Crippen molar-refractivity contribution in [3.05, 3.63) is 36.5 Å². The second-order valence-electron chi connectivity index (χ2n) is 3.02. The maximum absolute atomic E-state index is 10.5. The van der Waals surface area contributed by atoms with Gasteiger partial charge in [0.05, 0.1) is 0 Å². The van der Waals surface area contributed by atoms with Gasteiger partial charge in [0.1, 0.15) is 6.29 Å². The number of hydrogen-bond acceptors (Lipinski definition) is 1. The lowest BCUT2D eigenvalue weighted by Crippen LogP contribution is -1.77. The largest absolute Gasteiger partial charge is 0.303 e. The Labute approximate surface area is 66.1 Å². The van der Waals surface area contributed by atoms with Crippen LogP contribution < -0.4 is 0 Å². The SMILES string of the molecule is O=CC1[C@H]2/C=C\C=C/C=C[C@@H]12. The molecule has 2 aliphatic carbocycles. The minimum absolute atomic E-state index is 0.252. The monoisotopic (exact) mass is 146 g/mol. The lowest BCUT2D eigenvalue weighted by atomic mass is 10.2. The summed E-state index contributed by atoms with van der Waals surface area (Å²) in [5.41, 5.74) is 0. The van der Waals surface area contributed by atoms with Crippen LogP contribution >= 0.6 is 0 Å². The summed E-state index contributed by atoms with van der Waals surface area (Å²) >= 11 is 0. The number of fused-ring (bicyclic) bond motifs is 1. The highest BCUT2D eigenvalue weighted by Gasteiger charge is 2.46. The Morgan fingerprint density at radius 1 is 0.909 bits per heavy atom. The summed E-state index contributed by atoms with van der Waals surface area (Å²) in [6.07, 6.45) is 13.3. The summed E-state index contributed by atoms with van der Waals surface area (Å²) in [5, 5.41) is 0. The maximum atomic E-state index is 10.5. The molecule has 0 N–H and O–H groups in total. The van der Waals surface area contributed by atoms with Crippen molar-refractivity contribution in [1.29, 1.82) is 0 Å². The average Bonchev–Trinajstić information content (AvgIpc) is 2.60. The van der Waals surface area contributed by atoms with Crippen LogP contribution in [-0.2, 0) is 4.79 Å². The van der Waals surface area contributed by atoms with E-state index in [4.69, 9.17) is 0 Å². The van der Waals surface area contributed by atoms with E-state index in [1.165, 1.54) is 0 Å². The molecule has 0 radical (unpaired) electrons. The van der Waals surface area contributed by atoms with Crippen molar-refractivity contribution >= 4 is 6.29 Å². The first kappa shape index (κ1) is 6.59. The van der Waals surface area contributed by atoms with Crippen LogP contribution in [0.1, 0.15) is 0 Å². The molecule has 3 atom stereocenters. The van der Waals surface area contributed by atoms with Crippen molar-refractivity contribution in [2.24, 2.45) is 17.8 Å². The summed E-state index contributed by atoms with van der Waals surface area (Å²) in [6, 6.07) is 0. The van der Waals surface area contributed by atoms with Gasteiger partial charge >= 0.3 is 0 Å². The van der Waals surface area contributed by atoms with Crippen molar-refractivity contribution in [2.45, 2.75) is 0 Å². The molecule has 0 aromatic rings. The van der Waals surface area contributed by atoms with E-state index in [1.54, 1.807) is 0 Å². The fourth-order valence-corrected chi connectivity index (χ4v) is 1.59. The minimum Gasteiger partial charge on any atom is -0.303 e. The zero-order valence-electron chi connectivity index (χ0n) is 6.18. The molecule has 0 aromatic carbocycles. The Morgan fingerprint density at radius 2 is 1.45 bits per heavy atom. The van der Waals surface area contributed by atoms with Gasteiger partial charge in [-0.3, -0.25) is 0 Å². The third kappa shape index (κ3) is 1.07. The average molecular weight is 146 g/mol. The quantitative estimate of drug-likeness (QED) is 0.515. The Kier molecular flexibility index (Phi) is 1.50. The van der Waals surface area contributed by atoms with E-state index in [2.05, 4.69) is 12.2 Å². The first-order chi connectivity index (χ1) is 5.43. The van der Waals surface area contributed by atoms with E-state index in [-0.39, 0.29) is 5.92 Å². The standard InChI is InChI=1S/C10H10O/c11-7-10-8-5-3-1-2-4-6-9(8)10/h1-10H/b2-1-,5-3-,6-4?/t8-,9+,10?/m0/s1. The molecule has 11 heavy (non-hydrogen) atoms. The molecule has 1 saturated carbocycles. The molecule has 1 nitrogen and oxygen atoms in total. The van der Waals surface area contributed by atoms with Gasteiger partial charge in [-0.05, 0) is 11.8 Å². The number of rotatable bonds is 1. The van der Waals surface area contributed by atoms with Gasteiger partial charge in [0.15, 0.2) is 0 Å². The van der Waals surface area contributed by atoms with Crippen molar-refractivity contribution in [3.8, 4) is 0 Å². The van der Waals surface area contributed by atoms with Gasteiger partial charge < -0.3 is 4.79 Å². The zero-order valence-corrected chi connectivity index (χ0v) is 6.18. The number of carbonyl (C=O) groups excluding carboxylic acids is 1. The topological polar surface area (TPSA) is 17.1 Å². The van der Waals surface area contributed by atoms with Crippen LogP contribution in [0.5, 0.6) is 0 Å². The molecule has 0 saturated heterocycles. The van der Waals surface area contributed by atoms with Gasteiger partial charge in [0, 0.05) is 5.92 Å². The predicted molar refractivity (Wildman–Crippen MR) is 44.0 cm³/mol. The number of aldehydes is 1. The molecular formula is C10H10O. The summed E-state index contributed by atoms with van der Waals surface area (Å²) in [6.45, 7) is 0. The van der Waals surface area contributed by atoms with Gasteiger partial charge in [-0.1, -0.05) is 36.5 Å². The van der Waals surface area contributed by atoms with Crippen LogP contribution in [0.3, 0.4) is 0 Å². The molecule has 0 aromatic heterocycles.